The molecule has 0 aromatic carbocycles. The van der Waals surface area contributed by atoms with Crippen molar-refractivity contribution < 1.29 is 13.9 Å². The summed E-state index contributed by atoms with van der Waals surface area (Å²) in [5.41, 5.74) is 0.405. The van der Waals surface area contributed by atoms with Crippen LogP contribution in [0.1, 0.15) is 42.6 Å². The predicted octanol–water partition coefficient (Wildman–Crippen LogP) is 3.33. The van der Waals surface area contributed by atoms with Crippen molar-refractivity contribution in [1.29, 1.82) is 0 Å². The molecule has 0 N–H and O–H groups in total. The van der Waals surface area contributed by atoms with Gasteiger partial charge in [-0.25, -0.2) is 4.79 Å². The number of carbonyl (C=O) groups is 1. The second-order valence-corrected chi connectivity index (χ2v) is 4.82. The van der Waals surface area contributed by atoms with E-state index in [1.54, 1.807) is 6.92 Å². The van der Waals surface area contributed by atoms with Gasteiger partial charge in [0.2, 0.25) is 5.76 Å². The number of esters is 1. The third kappa shape index (κ3) is 2.17. The molecule has 0 bridgehead atoms. The molecule has 0 spiro atoms. The Balaban J connectivity index is 3.31. The van der Waals surface area contributed by atoms with E-state index in [4.69, 9.17) is 16.0 Å². The van der Waals surface area contributed by atoms with Crippen molar-refractivity contribution in [1.82, 2.24) is 0 Å². The van der Waals surface area contributed by atoms with Gasteiger partial charge >= 0.3 is 5.97 Å². The molecular formula is C11H15ClO3. The Kier molecular flexibility index (Phi) is 3.14. The summed E-state index contributed by atoms with van der Waals surface area (Å²) < 4.78 is 10.1. The summed E-state index contributed by atoms with van der Waals surface area (Å²) in [4.78, 5) is 11.4. The zero-order valence-electron chi connectivity index (χ0n) is 9.60. The van der Waals surface area contributed by atoms with Gasteiger partial charge < -0.3 is 9.15 Å². The van der Waals surface area contributed by atoms with Crippen molar-refractivity contribution in [3.63, 3.8) is 0 Å². The van der Waals surface area contributed by atoms with Crippen molar-refractivity contribution in [2.24, 2.45) is 0 Å². The Bertz CT molecular complexity index is 385. The van der Waals surface area contributed by atoms with E-state index in [1.165, 1.54) is 7.11 Å². The molecule has 15 heavy (non-hydrogen) atoms. The Labute approximate surface area is 94.4 Å². The molecule has 0 saturated carbocycles. The maximum Gasteiger partial charge on any atom is 0.374 e. The molecule has 0 amide bonds. The number of hydrogen-bond donors (Lipinski definition) is 0. The summed E-state index contributed by atoms with van der Waals surface area (Å²) in [6, 6.07) is 0. The second kappa shape index (κ2) is 3.89. The summed E-state index contributed by atoms with van der Waals surface area (Å²) in [6.45, 7) is 7.65. The number of ether oxygens (including phenoxy) is 1. The second-order valence-electron chi connectivity index (χ2n) is 4.44. The van der Waals surface area contributed by atoms with E-state index >= 15 is 0 Å². The molecule has 1 aromatic heterocycles. The average Bonchev–Trinajstić information content (AvgIpc) is 2.42. The van der Waals surface area contributed by atoms with Gasteiger partial charge in [-0.15, -0.1) is 0 Å². The molecule has 0 atom stereocenters. The van der Waals surface area contributed by atoms with Crippen LogP contribution in [0, 0.1) is 6.92 Å². The van der Waals surface area contributed by atoms with Crippen LogP contribution in [0.5, 0.6) is 0 Å². The first-order valence-electron chi connectivity index (χ1n) is 4.66. The van der Waals surface area contributed by atoms with E-state index in [-0.39, 0.29) is 11.2 Å². The minimum absolute atomic E-state index is 0.187. The molecule has 0 unspecified atom stereocenters. The summed E-state index contributed by atoms with van der Waals surface area (Å²) in [5, 5.41) is 0.503. The fourth-order valence-corrected chi connectivity index (χ4v) is 1.67. The van der Waals surface area contributed by atoms with Crippen LogP contribution in [0.2, 0.25) is 5.02 Å². The highest BCUT2D eigenvalue weighted by atomic mass is 35.5. The predicted molar refractivity (Wildman–Crippen MR) is 58.5 cm³/mol. The van der Waals surface area contributed by atoms with Crippen LogP contribution in [-0.2, 0) is 10.2 Å². The fraction of sp³-hybridized carbons (Fsp3) is 0.545. The van der Waals surface area contributed by atoms with Gasteiger partial charge in [-0.3, -0.25) is 0 Å². The van der Waals surface area contributed by atoms with E-state index in [1.807, 2.05) is 20.8 Å². The molecule has 1 aromatic rings. The van der Waals surface area contributed by atoms with Gasteiger partial charge in [-0.1, -0.05) is 32.4 Å². The van der Waals surface area contributed by atoms with Crippen LogP contribution in [0.3, 0.4) is 0 Å². The first-order chi connectivity index (χ1) is 6.79. The lowest BCUT2D eigenvalue weighted by Crippen LogP contribution is -2.10. The van der Waals surface area contributed by atoms with Crippen LogP contribution in [0.15, 0.2) is 4.42 Å². The van der Waals surface area contributed by atoms with E-state index in [0.29, 0.717) is 16.3 Å². The molecule has 1 heterocycles. The van der Waals surface area contributed by atoms with E-state index in [9.17, 15) is 4.79 Å². The number of halogens is 1. The SMILES string of the molecule is COC(=O)c1oc(C(C)(C)C)c(Cl)c1C. The number of hydrogen-bond acceptors (Lipinski definition) is 3. The maximum absolute atomic E-state index is 11.4. The molecule has 0 aliphatic heterocycles. The summed E-state index contributed by atoms with van der Waals surface area (Å²) >= 11 is 6.10. The van der Waals surface area contributed by atoms with E-state index in [2.05, 4.69) is 4.74 Å². The average molecular weight is 231 g/mol. The van der Waals surface area contributed by atoms with E-state index in [0.717, 1.165) is 0 Å². The van der Waals surface area contributed by atoms with Crippen LogP contribution in [0.25, 0.3) is 0 Å². The van der Waals surface area contributed by atoms with Crippen molar-refractivity contribution >= 4 is 17.6 Å². The van der Waals surface area contributed by atoms with Crippen molar-refractivity contribution in [2.75, 3.05) is 7.11 Å². The Morgan fingerprint density at radius 1 is 1.40 bits per heavy atom. The lowest BCUT2D eigenvalue weighted by Gasteiger charge is -2.15. The molecule has 0 aliphatic rings. The van der Waals surface area contributed by atoms with Gasteiger partial charge in [-0.2, -0.15) is 0 Å². The Morgan fingerprint density at radius 3 is 2.27 bits per heavy atom. The van der Waals surface area contributed by atoms with Crippen LogP contribution in [0.4, 0.5) is 0 Å². The van der Waals surface area contributed by atoms with E-state index < -0.39 is 5.97 Å². The highest BCUT2D eigenvalue weighted by Gasteiger charge is 2.28. The highest BCUT2D eigenvalue weighted by molar-refractivity contribution is 6.32. The molecule has 0 radical (unpaired) electrons. The van der Waals surface area contributed by atoms with Crippen LogP contribution in [-0.4, -0.2) is 13.1 Å². The number of rotatable bonds is 1. The first-order valence-corrected chi connectivity index (χ1v) is 5.04. The third-order valence-corrected chi connectivity index (χ3v) is 2.58. The zero-order valence-corrected chi connectivity index (χ0v) is 10.4. The zero-order chi connectivity index (χ0) is 11.8. The lowest BCUT2D eigenvalue weighted by molar-refractivity contribution is 0.0560. The smallest absolute Gasteiger partial charge is 0.374 e. The van der Waals surface area contributed by atoms with Gasteiger partial charge in [-0.05, 0) is 6.92 Å². The summed E-state index contributed by atoms with van der Waals surface area (Å²) in [6.07, 6.45) is 0. The van der Waals surface area contributed by atoms with Gasteiger partial charge in [0.25, 0.3) is 0 Å². The van der Waals surface area contributed by atoms with Crippen molar-refractivity contribution in [2.45, 2.75) is 33.1 Å². The summed E-state index contributed by atoms with van der Waals surface area (Å²) in [7, 11) is 1.31. The molecule has 3 nitrogen and oxygen atoms in total. The van der Waals surface area contributed by atoms with Crippen molar-refractivity contribution in [3.05, 3.63) is 22.1 Å². The molecule has 1 rings (SSSR count). The standard InChI is InChI=1S/C11H15ClO3/c1-6-7(12)9(11(2,3)4)15-8(6)10(13)14-5/h1-5H3. The molecular weight excluding hydrogens is 216 g/mol. The normalized spacial score (nSPS) is 11.6. The lowest BCUT2D eigenvalue weighted by atomic mass is 9.93. The Hall–Kier alpha value is -0.960. The molecule has 0 fully saturated rings. The fourth-order valence-electron chi connectivity index (χ4n) is 1.26. The maximum atomic E-state index is 11.4. The molecule has 0 saturated heterocycles. The van der Waals surface area contributed by atoms with Crippen LogP contribution >= 0.6 is 11.6 Å². The first kappa shape index (κ1) is 12.1. The largest absolute Gasteiger partial charge is 0.463 e. The van der Waals surface area contributed by atoms with Gasteiger partial charge in [0.1, 0.15) is 5.76 Å². The number of methoxy groups -OCH3 is 1. The van der Waals surface area contributed by atoms with Crippen LogP contribution < -0.4 is 0 Å². The summed E-state index contributed by atoms with van der Waals surface area (Å²) in [5.74, 6) is 0.305. The quantitative estimate of drug-likeness (QED) is 0.695. The Morgan fingerprint density at radius 2 is 1.93 bits per heavy atom. The van der Waals surface area contributed by atoms with Gasteiger partial charge in [0, 0.05) is 11.0 Å². The van der Waals surface area contributed by atoms with Crippen molar-refractivity contribution in [3.8, 4) is 0 Å². The van der Waals surface area contributed by atoms with Gasteiger partial charge in [0.15, 0.2) is 0 Å². The minimum Gasteiger partial charge on any atom is -0.463 e. The number of furan rings is 1. The topological polar surface area (TPSA) is 39.4 Å². The molecule has 0 aliphatic carbocycles. The highest BCUT2D eigenvalue weighted by Crippen LogP contribution is 2.35. The van der Waals surface area contributed by atoms with Gasteiger partial charge in [0.05, 0.1) is 12.1 Å². The monoisotopic (exact) mass is 230 g/mol. The molecule has 84 valence electrons. The minimum atomic E-state index is -0.495. The number of carbonyl (C=O) groups excluding carboxylic acids is 1. The third-order valence-electron chi connectivity index (χ3n) is 2.13. The molecule has 4 heteroatoms.